The number of carbonyl (C=O) groups is 2. The minimum absolute atomic E-state index is 0.0206. The highest BCUT2D eigenvalue weighted by atomic mass is 32.2. The SMILES string of the molecule is CO.COc1cc(SN2CCN(c3cc(C(F)(F)C4CCN(C(=O)CN(CCN)CCN)CC4)cc(C)n3)CC2)ccc1N1CCOC1=O. The number of carbonyl (C=O) groups excluding carboxylic acids is 2. The Morgan fingerprint density at radius 3 is 2.33 bits per heavy atom. The highest BCUT2D eigenvalue weighted by molar-refractivity contribution is 7.97. The summed E-state index contributed by atoms with van der Waals surface area (Å²) >= 11 is 1.59. The number of likely N-dealkylation sites (tertiary alicyclic amines) is 1. The van der Waals surface area contributed by atoms with Crippen LogP contribution >= 0.6 is 11.9 Å². The molecule has 0 radical (unpaired) electrons. The molecule has 3 saturated heterocycles. The molecule has 0 atom stereocenters. The van der Waals surface area contributed by atoms with E-state index in [1.165, 1.54) is 12.1 Å². The summed E-state index contributed by atoms with van der Waals surface area (Å²) in [6.45, 7) is 8.05. The number of aryl methyl sites for hydroxylation is 1. The molecule has 1 aromatic carbocycles. The smallest absolute Gasteiger partial charge is 0.414 e. The van der Waals surface area contributed by atoms with Crippen LogP contribution in [0.25, 0.3) is 0 Å². The van der Waals surface area contributed by atoms with Gasteiger partial charge >= 0.3 is 6.09 Å². The van der Waals surface area contributed by atoms with Gasteiger partial charge in [-0.05, 0) is 62.0 Å². The number of amides is 2. The second-order valence-electron chi connectivity index (χ2n) is 12.1. The van der Waals surface area contributed by atoms with Crippen LogP contribution in [0.5, 0.6) is 5.75 Å². The van der Waals surface area contributed by atoms with Crippen LogP contribution in [-0.2, 0) is 15.5 Å². The predicted molar refractivity (Wildman–Crippen MR) is 186 cm³/mol. The quantitative estimate of drug-likeness (QED) is 0.262. The number of alkyl halides is 2. The second kappa shape index (κ2) is 18.1. The molecule has 1 aromatic heterocycles. The van der Waals surface area contributed by atoms with E-state index in [-0.39, 0.29) is 37.0 Å². The van der Waals surface area contributed by atoms with Gasteiger partial charge in [0.25, 0.3) is 5.92 Å². The van der Waals surface area contributed by atoms with Crippen LogP contribution in [0, 0.1) is 12.8 Å². The number of benzene rings is 1. The molecule has 5 N–H and O–H groups in total. The van der Waals surface area contributed by atoms with Crippen LogP contribution < -0.4 is 26.0 Å². The second-order valence-corrected chi connectivity index (χ2v) is 13.3. The summed E-state index contributed by atoms with van der Waals surface area (Å²) < 4.78 is 44.8. The maximum Gasteiger partial charge on any atom is 0.414 e. The molecule has 0 bridgehead atoms. The summed E-state index contributed by atoms with van der Waals surface area (Å²) in [5.74, 6) is -2.83. The summed E-state index contributed by atoms with van der Waals surface area (Å²) in [7, 11) is 2.58. The van der Waals surface area contributed by atoms with Crippen LogP contribution in [0.2, 0.25) is 0 Å². The fourth-order valence-corrected chi connectivity index (χ4v) is 7.30. The van der Waals surface area contributed by atoms with Crippen molar-refractivity contribution in [2.75, 3.05) is 109 Å². The van der Waals surface area contributed by atoms with Crippen LogP contribution in [0.1, 0.15) is 24.1 Å². The number of piperidine rings is 1. The Kier molecular flexibility index (Phi) is 14.2. The average Bonchev–Trinajstić information content (AvgIpc) is 3.54. The van der Waals surface area contributed by atoms with Crippen LogP contribution in [-0.4, -0.2) is 136 Å². The molecule has 3 aliphatic heterocycles. The molecule has 2 aromatic rings. The van der Waals surface area contributed by atoms with Crippen molar-refractivity contribution in [2.24, 2.45) is 17.4 Å². The van der Waals surface area contributed by atoms with Crippen LogP contribution in [0.3, 0.4) is 0 Å². The number of hydrogen-bond acceptors (Lipinski definition) is 12. The van der Waals surface area contributed by atoms with E-state index in [1.807, 2.05) is 23.1 Å². The largest absolute Gasteiger partial charge is 0.495 e. The third-order valence-electron chi connectivity index (χ3n) is 8.93. The number of nitrogens with two attached hydrogens (primary N) is 2. The molecular weight excluding hydrogens is 658 g/mol. The van der Waals surface area contributed by atoms with E-state index in [0.29, 0.717) is 102 Å². The molecule has 2 amide bonds. The minimum Gasteiger partial charge on any atom is -0.495 e. The molecule has 5 rings (SSSR count). The fraction of sp³-hybridized carbons (Fsp3) is 0.606. The number of cyclic esters (lactones) is 1. The van der Waals surface area contributed by atoms with Crippen molar-refractivity contribution in [3.8, 4) is 5.75 Å². The topological polar surface area (TPSA) is 154 Å². The van der Waals surface area contributed by atoms with Crippen molar-refractivity contribution in [1.82, 2.24) is 19.1 Å². The first-order valence-electron chi connectivity index (χ1n) is 16.6. The van der Waals surface area contributed by atoms with Gasteiger partial charge in [0.15, 0.2) is 0 Å². The minimum atomic E-state index is -3.04. The predicted octanol–water partition coefficient (Wildman–Crippen LogP) is 2.34. The number of nitrogens with zero attached hydrogens (tertiary/aromatic N) is 6. The molecule has 272 valence electrons. The lowest BCUT2D eigenvalue weighted by Crippen LogP contribution is -2.47. The van der Waals surface area contributed by atoms with E-state index in [4.69, 9.17) is 26.0 Å². The first-order valence-corrected chi connectivity index (χ1v) is 17.4. The molecule has 3 fully saturated rings. The molecule has 0 unspecified atom stereocenters. The van der Waals surface area contributed by atoms with Gasteiger partial charge in [-0.15, -0.1) is 0 Å². The van der Waals surface area contributed by atoms with E-state index >= 15 is 8.78 Å². The third kappa shape index (κ3) is 9.70. The zero-order chi connectivity index (χ0) is 35.6. The van der Waals surface area contributed by atoms with Crippen molar-refractivity contribution in [3.05, 3.63) is 41.6 Å². The number of halogens is 2. The Labute approximate surface area is 291 Å². The monoisotopic (exact) mass is 708 g/mol. The Bertz CT molecular complexity index is 1390. The summed E-state index contributed by atoms with van der Waals surface area (Å²) in [4.78, 5) is 37.7. The maximum atomic E-state index is 16.0. The van der Waals surface area contributed by atoms with E-state index < -0.39 is 11.8 Å². The molecule has 4 heterocycles. The molecule has 13 nitrogen and oxygen atoms in total. The fourth-order valence-electron chi connectivity index (χ4n) is 6.37. The van der Waals surface area contributed by atoms with Gasteiger partial charge in [0.2, 0.25) is 5.91 Å². The van der Waals surface area contributed by atoms with Gasteiger partial charge in [-0.2, -0.15) is 0 Å². The number of aliphatic hydroxyl groups is 1. The lowest BCUT2D eigenvalue weighted by Gasteiger charge is -2.38. The van der Waals surface area contributed by atoms with Crippen molar-refractivity contribution >= 4 is 35.5 Å². The Balaban J connectivity index is 0.00000265. The molecule has 49 heavy (non-hydrogen) atoms. The number of rotatable bonds is 13. The first kappa shape index (κ1) is 38.5. The lowest BCUT2D eigenvalue weighted by atomic mass is 9.86. The normalized spacial score (nSPS) is 17.7. The van der Waals surface area contributed by atoms with Crippen molar-refractivity contribution in [1.29, 1.82) is 0 Å². The third-order valence-corrected chi connectivity index (χ3v) is 10.0. The van der Waals surface area contributed by atoms with E-state index in [9.17, 15) is 9.59 Å². The molecule has 0 spiro atoms. The van der Waals surface area contributed by atoms with E-state index in [0.717, 1.165) is 12.0 Å². The molecule has 3 aliphatic rings. The highest BCUT2D eigenvalue weighted by Gasteiger charge is 2.44. The molecular formula is C33H50F2N8O5S. The summed E-state index contributed by atoms with van der Waals surface area (Å²) in [5.41, 5.74) is 12.5. The maximum absolute atomic E-state index is 16.0. The van der Waals surface area contributed by atoms with Crippen molar-refractivity contribution < 1.29 is 33.0 Å². The summed E-state index contributed by atoms with van der Waals surface area (Å²) in [6.07, 6.45) is 0.0765. The summed E-state index contributed by atoms with van der Waals surface area (Å²) in [5, 5.41) is 7.00. The van der Waals surface area contributed by atoms with Gasteiger partial charge in [-0.1, -0.05) is 0 Å². The molecule has 0 aliphatic carbocycles. The van der Waals surface area contributed by atoms with Crippen molar-refractivity contribution in [2.45, 2.75) is 30.6 Å². The molecule has 16 heteroatoms. The van der Waals surface area contributed by atoms with Gasteiger partial charge in [-0.25, -0.2) is 22.9 Å². The van der Waals surface area contributed by atoms with Gasteiger partial charge < -0.3 is 35.8 Å². The molecule has 0 saturated carbocycles. The lowest BCUT2D eigenvalue weighted by molar-refractivity contribution is -0.138. The first-order chi connectivity index (χ1) is 23.6. The number of aromatic nitrogens is 1. The highest BCUT2D eigenvalue weighted by Crippen LogP contribution is 2.43. The summed E-state index contributed by atoms with van der Waals surface area (Å²) in [6, 6.07) is 8.76. The Hall–Kier alpha value is -3.28. The number of hydrogen-bond donors (Lipinski definition) is 3. The van der Waals surface area contributed by atoms with E-state index in [1.54, 1.807) is 35.8 Å². The van der Waals surface area contributed by atoms with Gasteiger partial charge in [-0.3, -0.25) is 14.6 Å². The zero-order valence-corrected chi connectivity index (χ0v) is 29.5. The van der Waals surface area contributed by atoms with Crippen LogP contribution in [0.4, 0.5) is 25.1 Å². The van der Waals surface area contributed by atoms with Gasteiger partial charge in [0.05, 0.1) is 25.9 Å². The van der Waals surface area contributed by atoms with Gasteiger partial charge in [0.1, 0.15) is 18.2 Å². The van der Waals surface area contributed by atoms with Crippen molar-refractivity contribution in [3.63, 3.8) is 0 Å². The van der Waals surface area contributed by atoms with Gasteiger partial charge in [0, 0.05) is 94.6 Å². The Morgan fingerprint density at radius 1 is 1.06 bits per heavy atom. The Morgan fingerprint density at radius 2 is 1.73 bits per heavy atom. The standard InChI is InChI=1S/C32H46F2N8O4S.CH4O/c1-23-19-25(32(33,34)24-5-9-40(10-6-24)30(43)22-38(11-7-35)12-8-36)20-29(37-23)39-13-15-41(16-14-39)47-26-3-4-27(28(21-26)45-2)42-17-18-46-31(42)44;1-2/h3-4,19-21,24H,5-18,22,35-36H2,1-2H3;2H,1H3. The average molecular weight is 709 g/mol. The number of aliphatic hydroxyl groups excluding tert-OH is 1. The number of piperazine rings is 1. The van der Waals surface area contributed by atoms with Crippen LogP contribution in [0.15, 0.2) is 35.2 Å². The zero-order valence-electron chi connectivity index (χ0n) is 28.7. The number of anilines is 2. The number of ether oxygens (including phenoxy) is 2. The number of methoxy groups -OCH3 is 1. The number of pyridine rings is 1. The van der Waals surface area contributed by atoms with E-state index in [2.05, 4.69) is 14.2 Å².